The Hall–Kier alpha value is -0.280. The highest BCUT2D eigenvalue weighted by Gasteiger charge is 2.28. The summed E-state index contributed by atoms with van der Waals surface area (Å²) in [4.78, 5) is 10.5. The number of halogens is 1. The molecule has 1 unspecified atom stereocenters. The lowest BCUT2D eigenvalue weighted by atomic mass is 9.91. The Morgan fingerprint density at radius 1 is 1.55 bits per heavy atom. The van der Waals surface area contributed by atoms with Crippen LogP contribution in [0.25, 0.3) is 0 Å². The van der Waals surface area contributed by atoms with Crippen molar-refractivity contribution in [2.75, 3.05) is 5.88 Å². The Morgan fingerprint density at radius 3 is 2.09 bits per heavy atom. The first-order valence-corrected chi connectivity index (χ1v) is 4.01. The van der Waals surface area contributed by atoms with Gasteiger partial charge in [-0.2, -0.15) is 0 Å². The zero-order valence-electron chi connectivity index (χ0n) is 6.62. The monoisotopic (exact) mass is 180 g/mol. The summed E-state index contributed by atoms with van der Waals surface area (Å²) in [7, 11) is 0. The normalized spacial score (nSPS) is 16.5. The van der Waals surface area contributed by atoms with Gasteiger partial charge in [0.1, 0.15) is 0 Å². The summed E-state index contributed by atoms with van der Waals surface area (Å²) in [6, 6.07) is 0. The van der Waals surface area contributed by atoms with E-state index in [1.54, 1.807) is 13.8 Å². The van der Waals surface area contributed by atoms with E-state index in [0.29, 0.717) is 0 Å². The van der Waals surface area contributed by atoms with Crippen molar-refractivity contribution in [3.05, 3.63) is 0 Å². The van der Waals surface area contributed by atoms with Gasteiger partial charge < -0.3 is 10.2 Å². The number of aliphatic hydroxyl groups excluding tert-OH is 1. The zero-order chi connectivity index (χ0) is 9.02. The maximum Gasteiger partial charge on any atom is 0.309 e. The van der Waals surface area contributed by atoms with Crippen LogP contribution in [0.3, 0.4) is 0 Å². The number of carbonyl (C=O) groups is 1. The van der Waals surface area contributed by atoms with Crippen molar-refractivity contribution in [2.45, 2.75) is 20.0 Å². The quantitative estimate of drug-likeness (QED) is 0.634. The standard InChI is InChI=1S/C7H13ClO3/c1-4(2)6(7(10)11)5(9)3-8/h4-6,9H,3H2,1-2H3,(H,10,11)/t5?,6-/m0/s1. The molecule has 4 heteroatoms. The van der Waals surface area contributed by atoms with Gasteiger partial charge in [0.15, 0.2) is 0 Å². The third-order valence-electron chi connectivity index (χ3n) is 1.58. The lowest BCUT2D eigenvalue weighted by Crippen LogP contribution is -2.33. The maximum atomic E-state index is 10.5. The van der Waals surface area contributed by atoms with Crippen LogP contribution >= 0.6 is 11.6 Å². The topological polar surface area (TPSA) is 57.5 Å². The average molecular weight is 181 g/mol. The molecule has 3 nitrogen and oxygen atoms in total. The van der Waals surface area contributed by atoms with Crippen molar-refractivity contribution in [3.8, 4) is 0 Å². The van der Waals surface area contributed by atoms with Crippen LogP contribution in [-0.4, -0.2) is 28.2 Å². The highest BCUT2D eigenvalue weighted by molar-refractivity contribution is 6.18. The molecule has 0 rings (SSSR count). The van der Waals surface area contributed by atoms with Crippen LogP contribution in [0.15, 0.2) is 0 Å². The molecule has 0 aliphatic rings. The molecule has 0 aromatic carbocycles. The summed E-state index contributed by atoms with van der Waals surface area (Å²) in [6.07, 6.45) is -0.950. The van der Waals surface area contributed by atoms with Crippen molar-refractivity contribution >= 4 is 17.6 Å². The molecule has 0 bridgehead atoms. The third-order valence-corrected chi connectivity index (χ3v) is 1.89. The zero-order valence-corrected chi connectivity index (χ0v) is 7.38. The molecule has 0 heterocycles. The number of hydrogen-bond donors (Lipinski definition) is 2. The van der Waals surface area contributed by atoms with Crippen LogP contribution in [-0.2, 0) is 4.79 Å². The minimum atomic E-state index is -0.992. The van der Waals surface area contributed by atoms with E-state index in [-0.39, 0.29) is 11.8 Å². The van der Waals surface area contributed by atoms with Crippen molar-refractivity contribution < 1.29 is 15.0 Å². The molecule has 0 spiro atoms. The fourth-order valence-corrected chi connectivity index (χ4v) is 1.18. The molecule has 11 heavy (non-hydrogen) atoms. The molecule has 0 fully saturated rings. The molecule has 0 aliphatic heterocycles. The van der Waals surface area contributed by atoms with Crippen LogP contribution in [0.2, 0.25) is 0 Å². The van der Waals surface area contributed by atoms with Gasteiger partial charge in [0.05, 0.1) is 12.0 Å². The van der Waals surface area contributed by atoms with Gasteiger partial charge in [0, 0.05) is 5.88 Å². The maximum absolute atomic E-state index is 10.5. The number of hydrogen-bond acceptors (Lipinski definition) is 2. The smallest absolute Gasteiger partial charge is 0.309 e. The van der Waals surface area contributed by atoms with E-state index in [0.717, 1.165) is 0 Å². The predicted molar refractivity (Wildman–Crippen MR) is 42.7 cm³/mol. The van der Waals surface area contributed by atoms with E-state index in [4.69, 9.17) is 21.8 Å². The number of carboxylic acids is 1. The van der Waals surface area contributed by atoms with E-state index in [2.05, 4.69) is 0 Å². The van der Waals surface area contributed by atoms with Gasteiger partial charge in [-0.3, -0.25) is 4.79 Å². The van der Waals surface area contributed by atoms with Gasteiger partial charge in [-0.25, -0.2) is 0 Å². The number of aliphatic hydroxyl groups is 1. The second-order valence-electron chi connectivity index (χ2n) is 2.83. The number of alkyl halides is 1. The minimum Gasteiger partial charge on any atom is -0.481 e. The van der Waals surface area contributed by atoms with Crippen molar-refractivity contribution in [2.24, 2.45) is 11.8 Å². The highest BCUT2D eigenvalue weighted by Crippen LogP contribution is 2.16. The van der Waals surface area contributed by atoms with E-state index in [1.165, 1.54) is 0 Å². The van der Waals surface area contributed by atoms with Crippen LogP contribution in [0.5, 0.6) is 0 Å². The fourth-order valence-electron chi connectivity index (χ4n) is 0.990. The largest absolute Gasteiger partial charge is 0.481 e. The molecule has 66 valence electrons. The summed E-state index contributed by atoms with van der Waals surface area (Å²) in [5.74, 6) is -1.88. The Balaban J connectivity index is 4.21. The molecule has 2 atom stereocenters. The van der Waals surface area contributed by atoms with Gasteiger partial charge >= 0.3 is 5.97 Å². The summed E-state index contributed by atoms with van der Waals surface area (Å²) in [5.41, 5.74) is 0. The fraction of sp³-hybridized carbons (Fsp3) is 0.857. The van der Waals surface area contributed by atoms with Crippen molar-refractivity contribution in [3.63, 3.8) is 0 Å². The lowest BCUT2D eigenvalue weighted by Gasteiger charge is -2.19. The van der Waals surface area contributed by atoms with Gasteiger partial charge in [-0.1, -0.05) is 13.8 Å². The molecule has 0 aromatic rings. The summed E-state index contributed by atoms with van der Waals surface area (Å²) < 4.78 is 0. The number of aliphatic carboxylic acids is 1. The van der Waals surface area contributed by atoms with Gasteiger partial charge in [-0.05, 0) is 5.92 Å². The second kappa shape index (κ2) is 4.57. The molecule has 0 amide bonds. The van der Waals surface area contributed by atoms with E-state index in [9.17, 15) is 4.79 Å². The summed E-state index contributed by atoms with van der Waals surface area (Å²) in [6.45, 7) is 3.49. The van der Waals surface area contributed by atoms with E-state index in [1.807, 2.05) is 0 Å². The first-order chi connectivity index (χ1) is 5.00. The first-order valence-electron chi connectivity index (χ1n) is 3.47. The SMILES string of the molecule is CC(C)[C@H](C(=O)O)C(O)CCl. The van der Waals surface area contributed by atoms with Crippen molar-refractivity contribution in [1.29, 1.82) is 0 Å². The summed E-state index contributed by atoms with van der Waals surface area (Å²) in [5, 5.41) is 17.8. The molecule has 0 saturated carbocycles. The Morgan fingerprint density at radius 2 is 2.00 bits per heavy atom. The van der Waals surface area contributed by atoms with Gasteiger partial charge in [0.25, 0.3) is 0 Å². The van der Waals surface area contributed by atoms with Gasteiger partial charge in [0.2, 0.25) is 0 Å². The van der Waals surface area contributed by atoms with Crippen LogP contribution < -0.4 is 0 Å². The highest BCUT2D eigenvalue weighted by atomic mass is 35.5. The first kappa shape index (κ1) is 10.7. The molecule has 0 saturated heterocycles. The number of rotatable bonds is 4. The predicted octanol–water partition coefficient (Wildman–Crippen LogP) is 0.943. The van der Waals surface area contributed by atoms with E-state index >= 15 is 0 Å². The van der Waals surface area contributed by atoms with Crippen LogP contribution in [0, 0.1) is 11.8 Å². The Kier molecular flexibility index (Phi) is 4.45. The lowest BCUT2D eigenvalue weighted by molar-refractivity contribution is -0.147. The third kappa shape index (κ3) is 3.08. The van der Waals surface area contributed by atoms with Gasteiger partial charge in [-0.15, -0.1) is 11.6 Å². The van der Waals surface area contributed by atoms with E-state index < -0.39 is 18.0 Å². The minimum absolute atomic E-state index is 0.0326. The van der Waals surface area contributed by atoms with Crippen LogP contribution in [0.4, 0.5) is 0 Å². The molecule has 2 N–H and O–H groups in total. The molecule has 0 radical (unpaired) electrons. The van der Waals surface area contributed by atoms with Crippen LogP contribution in [0.1, 0.15) is 13.8 Å². The molecule has 0 aromatic heterocycles. The Bertz CT molecular complexity index is 136. The molecule has 0 aliphatic carbocycles. The van der Waals surface area contributed by atoms with Crippen molar-refractivity contribution in [1.82, 2.24) is 0 Å². The Labute approximate surface area is 71.0 Å². The average Bonchev–Trinajstić information content (AvgIpc) is 1.85. The molecular formula is C7H13ClO3. The second-order valence-corrected chi connectivity index (χ2v) is 3.14. The summed E-state index contributed by atoms with van der Waals surface area (Å²) >= 11 is 5.32. The number of carboxylic acid groups (broad SMARTS) is 1. The molecular weight excluding hydrogens is 168 g/mol.